The van der Waals surface area contributed by atoms with Crippen molar-refractivity contribution in [3.05, 3.63) is 0 Å². The first-order chi connectivity index (χ1) is 8.47. The second-order valence-electron chi connectivity index (χ2n) is 6.01. The van der Waals surface area contributed by atoms with Crippen molar-refractivity contribution in [3.8, 4) is 0 Å². The number of hydrazone groups is 1. The minimum absolute atomic E-state index is 0.471. The van der Waals surface area contributed by atoms with E-state index in [-0.39, 0.29) is 0 Å². The number of nitrogens with one attached hydrogen (secondary N) is 1. The van der Waals surface area contributed by atoms with Gasteiger partial charge in [-0.3, -0.25) is 0 Å². The Kier molecular flexibility index (Phi) is 6.16. The molecule has 1 fully saturated rings. The first kappa shape index (κ1) is 15.0. The average molecular weight is 254 g/mol. The van der Waals surface area contributed by atoms with Crippen LogP contribution in [0.4, 0.5) is 4.79 Å². The van der Waals surface area contributed by atoms with Gasteiger partial charge in [0.25, 0.3) is 0 Å². The molecular weight excluding hydrogens is 228 g/mol. The van der Waals surface area contributed by atoms with Crippen LogP contribution in [0.3, 0.4) is 0 Å². The molecule has 18 heavy (non-hydrogen) atoms. The Hall–Kier alpha value is -1.06. The summed E-state index contributed by atoms with van der Waals surface area (Å²) in [5.41, 5.74) is 1.91. The van der Waals surface area contributed by atoms with Gasteiger partial charge in [0.05, 0.1) is 0 Å². The summed E-state index contributed by atoms with van der Waals surface area (Å²) in [7, 11) is 0. The van der Waals surface area contributed by atoms with Crippen LogP contribution in [0.15, 0.2) is 5.10 Å². The standard InChI is InChI=1S/C14H26N2O2/c1-14(2,3)18-13(17)16-15-11-7-10-12-8-5-4-6-9-12/h11-12H,4-10H2,1-3H3,(H,16,17)/b15-11-. The highest BCUT2D eigenvalue weighted by Crippen LogP contribution is 2.26. The van der Waals surface area contributed by atoms with Crippen LogP contribution in [0.1, 0.15) is 65.7 Å². The molecule has 4 nitrogen and oxygen atoms in total. The Morgan fingerprint density at radius 2 is 2.00 bits per heavy atom. The summed E-state index contributed by atoms with van der Waals surface area (Å²) in [5, 5.41) is 3.89. The van der Waals surface area contributed by atoms with E-state index in [0.29, 0.717) is 0 Å². The number of nitrogens with zero attached hydrogens (tertiary/aromatic N) is 1. The van der Waals surface area contributed by atoms with E-state index in [4.69, 9.17) is 4.74 Å². The molecule has 0 aromatic rings. The molecule has 0 aliphatic heterocycles. The molecule has 1 N–H and O–H groups in total. The van der Waals surface area contributed by atoms with E-state index in [9.17, 15) is 4.79 Å². The first-order valence-corrected chi connectivity index (χ1v) is 6.98. The van der Waals surface area contributed by atoms with Gasteiger partial charge in [0.2, 0.25) is 0 Å². The average Bonchev–Trinajstić information content (AvgIpc) is 2.27. The van der Waals surface area contributed by atoms with Gasteiger partial charge in [0.15, 0.2) is 0 Å². The first-order valence-electron chi connectivity index (χ1n) is 6.98. The fraction of sp³-hybridized carbons (Fsp3) is 0.857. The fourth-order valence-corrected chi connectivity index (χ4v) is 2.25. The molecule has 0 saturated heterocycles. The minimum atomic E-state index is -0.489. The highest BCUT2D eigenvalue weighted by atomic mass is 16.6. The van der Waals surface area contributed by atoms with E-state index in [1.165, 1.54) is 38.5 Å². The lowest BCUT2D eigenvalue weighted by Gasteiger charge is -2.20. The molecule has 0 radical (unpaired) electrons. The summed E-state index contributed by atoms with van der Waals surface area (Å²) in [6.45, 7) is 5.50. The highest BCUT2D eigenvalue weighted by molar-refractivity contribution is 5.69. The van der Waals surface area contributed by atoms with Crippen LogP contribution in [0.2, 0.25) is 0 Å². The van der Waals surface area contributed by atoms with Gasteiger partial charge < -0.3 is 4.74 Å². The van der Waals surface area contributed by atoms with Gasteiger partial charge in [-0.1, -0.05) is 32.1 Å². The number of hydrogen-bond acceptors (Lipinski definition) is 3. The second-order valence-corrected chi connectivity index (χ2v) is 6.01. The van der Waals surface area contributed by atoms with Gasteiger partial charge in [-0.15, -0.1) is 0 Å². The fourth-order valence-electron chi connectivity index (χ4n) is 2.25. The molecule has 1 amide bonds. The second kappa shape index (κ2) is 7.39. The van der Waals surface area contributed by atoms with E-state index in [1.807, 2.05) is 20.8 Å². The van der Waals surface area contributed by atoms with Crippen molar-refractivity contribution >= 4 is 12.3 Å². The van der Waals surface area contributed by atoms with Gasteiger partial charge in [-0.25, -0.2) is 10.2 Å². The number of carbonyl (C=O) groups is 1. The largest absolute Gasteiger partial charge is 0.443 e. The van der Waals surface area contributed by atoms with Gasteiger partial charge in [-0.05, 0) is 39.5 Å². The molecule has 1 saturated carbocycles. The van der Waals surface area contributed by atoms with Crippen molar-refractivity contribution in [2.45, 2.75) is 71.3 Å². The Bertz CT molecular complexity index is 276. The summed E-state index contributed by atoms with van der Waals surface area (Å²) < 4.78 is 5.07. The van der Waals surface area contributed by atoms with Crippen molar-refractivity contribution in [1.82, 2.24) is 5.43 Å². The number of rotatable bonds is 4. The Morgan fingerprint density at radius 1 is 1.33 bits per heavy atom. The van der Waals surface area contributed by atoms with Crippen molar-refractivity contribution in [1.29, 1.82) is 0 Å². The van der Waals surface area contributed by atoms with Crippen LogP contribution in [-0.2, 0) is 4.74 Å². The van der Waals surface area contributed by atoms with Gasteiger partial charge in [0, 0.05) is 6.21 Å². The summed E-state index contributed by atoms with van der Waals surface area (Å²) in [6, 6.07) is 0. The molecule has 0 aromatic heterocycles. The third-order valence-corrected chi connectivity index (χ3v) is 3.07. The predicted molar refractivity (Wildman–Crippen MR) is 73.7 cm³/mol. The summed E-state index contributed by atoms with van der Waals surface area (Å²) >= 11 is 0. The molecule has 0 atom stereocenters. The Morgan fingerprint density at radius 3 is 2.61 bits per heavy atom. The third-order valence-electron chi connectivity index (χ3n) is 3.07. The topological polar surface area (TPSA) is 50.7 Å². The lowest BCUT2D eigenvalue weighted by molar-refractivity contribution is 0.0529. The molecule has 4 heteroatoms. The number of carbonyl (C=O) groups excluding carboxylic acids is 1. The molecule has 0 bridgehead atoms. The van der Waals surface area contributed by atoms with Crippen LogP contribution in [0.5, 0.6) is 0 Å². The summed E-state index contributed by atoms with van der Waals surface area (Å²) in [4.78, 5) is 11.3. The maximum absolute atomic E-state index is 11.3. The third kappa shape index (κ3) is 7.30. The molecule has 104 valence electrons. The molecule has 0 unspecified atom stereocenters. The molecular formula is C14H26N2O2. The molecule has 0 aromatic carbocycles. The number of amides is 1. The van der Waals surface area contributed by atoms with Crippen LogP contribution in [0, 0.1) is 5.92 Å². The normalized spacial score (nSPS) is 17.9. The van der Waals surface area contributed by atoms with Gasteiger partial charge in [-0.2, -0.15) is 5.10 Å². The van der Waals surface area contributed by atoms with Crippen LogP contribution < -0.4 is 5.43 Å². The zero-order chi connectivity index (χ0) is 13.4. The van der Waals surface area contributed by atoms with E-state index in [1.54, 1.807) is 6.21 Å². The lowest BCUT2D eigenvalue weighted by Crippen LogP contribution is -2.29. The minimum Gasteiger partial charge on any atom is -0.443 e. The lowest BCUT2D eigenvalue weighted by atomic mass is 9.86. The van der Waals surface area contributed by atoms with Crippen molar-refractivity contribution in [2.75, 3.05) is 0 Å². The zero-order valence-corrected chi connectivity index (χ0v) is 11.9. The molecule has 1 aliphatic rings. The highest BCUT2D eigenvalue weighted by Gasteiger charge is 2.15. The maximum atomic E-state index is 11.3. The van der Waals surface area contributed by atoms with Crippen LogP contribution >= 0.6 is 0 Å². The number of hydrogen-bond donors (Lipinski definition) is 1. The summed E-state index contributed by atoms with van der Waals surface area (Å²) in [6.07, 6.45) is 10.2. The quantitative estimate of drug-likeness (QED) is 0.612. The zero-order valence-electron chi connectivity index (χ0n) is 11.9. The van der Waals surface area contributed by atoms with E-state index < -0.39 is 11.7 Å². The molecule has 1 rings (SSSR count). The predicted octanol–water partition coefficient (Wildman–Crippen LogP) is 3.86. The molecule has 0 spiro atoms. The smallest absolute Gasteiger partial charge is 0.428 e. The van der Waals surface area contributed by atoms with Crippen molar-refractivity contribution in [3.63, 3.8) is 0 Å². The molecule has 0 heterocycles. The van der Waals surface area contributed by atoms with Gasteiger partial charge in [0.1, 0.15) is 5.60 Å². The van der Waals surface area contributed by atoms with Crippen LogP contribution in [-0.4, -0.2) is 17.9 Å². The number of ether oxygens (including phenoxy) is 1. The van der Waals surface area contributed by atoms with E-state index in [2.05, 4.69) is 10.5 Å². The maximum Gasteiger partial charge on any atom is 0.428 e. The van der Waals surface area contributed by atoms with Crippen molar-refractivity contribution < 1.29 is 9.53 Å². The van der Waals surface area contributed by atoms with Crippen LogP contribution in [0.25, 0.3) is 0 Å². The summed E-state index contributed by atoms with van der Waals surface area (Å²) in [5.74, 6) is 0.853. The Balaban J connectivity index is 2.08. The molecule has 1 aliphatic carbocycles. The van der Waals surface area contributed by atoms with E-state index in [0.717, 1.165) is 12.3 Å². The Labute approximate surface area is 110 Å². The van der Waals surface area contributed by atoms with Crippen molar-refractivity contribution in [2.24, 2.45) is 11.0 Å². The SMILES string of the molecule is CC(C)(C)OC(=O)N/N=C\CCC1CCCCC1. The van der Waals surface area contributed by atoms with Gasteiger partial charge >= 0.3 is 6.09 Å². The van der Waals surface area contributed by atoms with E-state index >= 15 is 0 Å². The monoisotopic (exact) mass is 254 g/mol.